The van der Waals surface area contributed by atoms with E-state index in [0.29, 0.717) is 6.61 Å². The van der Waals surface area contributed by atoms with Crippen molar-refractivity contribution in [2.24, 2.45) is 0 Å². The molecule has 1 fully saturated rings. The molecule has 0 bridgehead atoms. The largest absolute Gasteiger partial charge is 0.376 e. The first-order valence-electron chi connectivity index (χ1n) is 2.77. The molecule has 0 aromatic rings. The van der Waals surface area contributed by atoms with Crippen LogP contribution in [-0.2, 0) is 4.74 Å². The molecule has 1 aliphatic heterocycles. The summed E-state index contributed by atoms with van der Waals surface area (Å²) in [5.41, 5.74) is 0. The van der Waals surface area contributed by atoms with Gasteiger partial charge in [0, 0.05) is 6.54 Å². The molecule has 0 aliphatic carbocycles. The molecule has 3 heteroatoms. The summed E-state index contributed by atoms with van der Waals surface area (Å²) in [4.78, 5) is 1.86. The van der Waals surface area contributed by atoms with Gasteiger partial charge in [-0.1, -0.05) is 7.43 Å². The maximum Gasteiger partial charge on any atom is 0.130 e. The smallest absolute Gasteiger partial charge is 0.130 e. The minimum absolute atomic E-state index is 0. The Bertz CT molecular complexity index is 67.5. The summed E-state index contributed by atoms with van der Waals surface area (Å²) in [6, 6.07) is 0. The molecule has 9 heavy (non-hydrogen) atoms. The second-order valence-electron chi connectivity index (χ2n) is 2.04. The van der Waals surface area contributed by atoms with Crippen molar-refractivity contribution in [1.82, 2.24) is 4.90 Å². The summed E-state index contributed by atoms with van der Waals surface area (Å²) in [5, 5.41) is 8.98. The Labute approximate surface area is 56.2 Å². The lowest BCUT2D eigenvalue weighted by atomic mass is 10.4. The second-order valence-corrected chi connectivity index (χ2v) is 2.04. The second kappa shape index (κ2) is 3.82. The summed E-state index contributed by atoms with van der Waals surface area (Å²) in [6.45, 7) is 2.03. The van der Waals surface area contributed by atoms with Gasteiger partial charge in [-0.05, 0) is 7.05 Å². The van der Waals surface area contributed by atoms with E-state index in [0.717, 1.165) is 13.2 Å². The van der Waals surface area contributed by atoms with Crippen molar-refractivity contribution in [2.45, 2.75) is 13.7 Å². The maximum atomic E-state index is 8.98. The predicted molar refractivity (Wildman–Crippen MR) is 36.2 cm³/mol. The molecule has 1 aliphatic rings. The minimum Gasteiger partial charge on any atom is -0.376 e. The number of rotatable bonds is 0. The minimum atomic E-state index is -0.385. The molecule has 0 amide bonds. The van der Waals surface area contributed by atoms with Gasteiger partial charge in [0.2, 0.25) is 0 Å². The van der Waals surface area contributed by atoms with Crippen LogP contribution in [-0.4, -0.2) is 43.0 Å². The third-order valence-electron chi connectivity index (χ3n) is 1.36. The third-order valence-corrected chi connectivity index (χ3v) is 1.36. The van der Waals surface area contributed by atoms with Crippen LogP contribution in [0.25, 0.3) is 0 Å². The Balaban J connectivity index is 0.000000640. The number of aliphatic hydroxyl groups is 1. The van der Waals surface area contributed by atoms with E-state index in [9.17, 15) is 0 Å². The Morgan fingerprint density at radius 1 is 1.67 bits per heavy atom. The molecule has 56 valence electrons. The molecule has 1 N–H and O–H groups in total. The molecule has 0 radical (unpaired) electrons. The van der Waals surface area contributed by atoms with E-state index >= 15 is 0 Å². The van der Waals surface area contributed by atoms with Gasteiger partial charge in [-0.25, -0.2) is 0 Å². The van der Waals surface area contributed by atoms with Crippen LogP contribution in [0.1, 0.15) is 7.43 Å². The van der Waals surface area contributed by atoms with Gasteiger partial charge >= 0.3 is 0 Å². The van der Waals surface area contributed by atoms with E-state index in [1.807, 2.05) is 11.9 Å². The van der Waals surface area contributed by atoms with Crippen molar-refractivity contribution >= 4 is 0 Å². The zero-order chi connectivity index (χ0) is 5.98. The van der Waals surface area contributed by atoms with Crippen LogP contribution in [0.15, 0.2) is 0 Å². The van der Waals surface area contributed by atoms with Crippen LogP contribution in [0.3, 0.4) is 0 Å². The summed E-state index contributed by atoms with van der Waals surface area (Å²) < 4.78 is 4.96. The number of ether oxygens (including phenoxy) is 1. The van der Waals surface area contributed by atoms with Gasteiger partial charge in [-0.15, -0.1) is 0 Å². The zero-order valence-electron chi connectivity index (χ0n) is 5.00. The van der Waals surface area contributed by atoms with Crippen LogP contribution >= 0.6 is 0 Å². The van der Waals surface area contributed by atoms with Crippen LogP contribution in [0.2, 0.25) is 0 Å². The quantitative estimate of drug-likeness (QED) is 0.501. The molecule has 0 aromatic carbocycles. The van der Waals surface area contributed by atoms with Gasteiger partial charge in [0.15, 0.2) is 0 Å². The SMILES string of the molecule is C.CN1CCOCC1O. The zero-order valence-corrected chi connectivity index (χ0v) is 5.00. The Hall–Kier alpha value is -0.120. The fourth-order valence-electron chi connectivity index (χ4n) is 0.674. The molecule has 3 nitrogen and oxygen atoms in total. The first kappa shape index (κ1) is 8.88. The monoisotopic (exact) mass is 133 g/mol. The van der Waals surface area contributed by atoms with Crippen molar-refractivity contribution in [3.63, 3.8) is 0 Å². The molecule has 1 unspecified atom stereocenters. The number of likely N-dealkylation sites (N-methyl/N-ethyl adjacent to an activating group) is 1. The van der Waals surface area contributed by atoms with E-state index in [4.69, 9.17) is 9.84 Å². The van der Waals surface area contributed by atoms with Crippen molar-refractivity contribution in [3.8, 4) is 0 Å². The Morgan fingerprint density at radius 3 is 2.67 bits per heavy atom. The highest BCUT2D eigenvalue weighted by atomic mass is 16.5. The molecular weight excluding hydrogens is 118 g/mol. The first-order valence-corrected chi connectivity index (χ1v) is 2.77. The van der Waals surface area contributed by atoms with Gasteiger partial charge in [0.1, 0.15) is 6.23 Å². The molecule has 1 rings (SSSR count). The summed E-state index contributed by atoms with van der Waals surface area (Å²) in [6.07, 6.45) is -0.385. The van der Waals surface area contributed by atoms with Crippen molar-refractivity contribution in [2.75, 3.05) is 26.8 Å². The fourth-order valence-corrected chi connectivity index (χ4v) is 0.674. The molecule has 0 saturated carbocycles. The average molecular weight is 133 g/mol. The number of morpholine rings is 1. The highest BCUT2D eigenvalue weighted by Gasteiger charge is 2.14. The third kappa shape index (κ3) is 2.30. The van der Waals surface area contributed by atoms with Gasteiger partial charge in [-0.2, -0.15) is 0 Å². The van der Waals surface area contributed by atoms with E-state index in [-0.39, 0.29) is 13.7 Å². The number of hydrogen-bond acceptors (Lipinski definition) is 3. The lowest BCUT2D eigenvalue weighted by molar-refractivity contribution is -0.0934. The van der Waals surface area contributed by atoms with Crippen LogP contribution in [0.4, 0.5) is 0 Å². The Morgan fingerprint density at radius 2 is 2.33 bits per heavy atom. The Kier molecular flexibility index (Phi) is 3.77. The van der Waals surface area contributed by atoms with Gasteiger partial charge < -0.3 is 9.84 Å². The van der Waals surface area contributed by atoms with E-state index in [1.54, 1.807) is 0 Å². The van der Waals surface area contributed by atoms with Crippen LogP contribution < -0.4 is 0 Å². The topological polar surface area (TPSA) is 32.7 Å². The van der Waals surface area contributed by atoms with Gasteiger partial charge in [0.05, 0.1) is 13.2 Å². The molecule has 1 heterocycles. The predicted octanol–water partition coefficient (Wildman–Crippen LogP) is -0.0971. The van der Waals surface area contributed by atoms with Crippen molar-refractivity contribution < 1.29 is 9.84 Å². The van der Waals surface area contributed by atoms with Crippen LogP contribution in [0, 0.1) is 0 Å². The van der Waals surface area contributed by atoms with Crippen LogP contribution in [0.5, 0.6) is 0 Å². The maximum absolute atomic E-state index is 8.98. The van der Waals surface area contributed by atoms with E-state index < -0.39 is 0 Å². The highest BCUT2D eigenvalue weighted by Crippen LogP contribution is 1.98. The molecule has 0 spiro atoms. The normalized spacial score (nSPS) is 29.3. The number of hydrogen-bond donors (Lipinski definition) is 1. The van der Waals surface area contributed by atoms with Gasteiger partial charge in [-0.3, -0.25) is 4.90 Å². The molecule has 1 saturated heterocycles. The summed E-state index contributed by atoms with van der Waals surface area (Å²) in [7, 11) is 1.88. The lowest BCUT2D eigenvalue weighted by Gasteiger charge is -2.27. The lowest BCUT2D eigenvalue weighted by Crippen LogP contribution is -2.42. The number of aliphatic hydroxyl groups excluding tert-OH is 1. The van der Waals surface area contributed by atoms with E-state index in [1.165, 1.54) is 0 Å². The highest BCUT2D eigenvalue weighted by molar-refractivity contribution is 4.59. The average Bonchev–Trinajstić information content (AvgIpc) is 1.77. The number of nitrogens with zero attached hydrogens (tertiary/aromatic N) is 1. The fraction of sp³-hybridized carbons (Fsp3) is 1.00. The molecular formula is C6H15NO2. The summed E-state index contributed by atoms with van der Waals surface area (Å²) >= 11 is 0. The molecule has 1 atom stereocenters. The molecule has 0 aromatic heterocycles. The van der Waals surface area contributed by atoms with Gasteiger partial charge in [0.25, 0.3) is 0 Å². The van der Waals surface area contributed by atoms with Crippen molar-refractivity contribution in [1.29, 1.82) is 0 Å². The standard InChI is InChI=1S/C5H11NO2.CH4/c1-6-2-3-8-4-5(6)7;/h5,7H,2-4H2,1H3;1H4. The van der Waals surface area contributed by atoms with E-state index in [2.05, 4.69) is 0 Å². The van der Waals surface area contributed by atoms with Crippen molar-refractivity contribution in [3.05, 3.63) is 0 Å². The first-order chi connectivity index (χ1) is 3.80. The summed E-state index contributed by atoms with van der Waals surface area (Å²) in [5.74, 6) is 0.